The number of anilines is 1. The highest BCUT2D eigenvalue weighted by atomic mass is 16.5. The SMILES string of the molecule is CN[C@@H]1CCCN(C(=O)c2ccccc2N2CCOCC2)C1. The third kappa shape index (κ3) is 3.25. The molecule has 120 valence electrons. The molecule has 1 amide bonds. The van der Waals surface area contributed by atoms with Crippen LogP contribution < -0.4 is 10.2 Å². The Balaban J connectivity index is 1.80. The van der Waals surface area contributed by atoms with Gasteiger partial charge < -0.3 is 19.9 Å². The minimum absolute atomic E-state index is 0.155. The highest BCUT2D eigenvalue weighted by molar-refractivity contribution is 6.00. The van der Waals surface area contributed by atoms with Crippen LogP contribution in [0.5, 0.6) is 0 Å². The molecule has 1 aromatic rings. The molecule has 1 N–H and O–H groups in total. The van der Waals surface area contributed by atoms with Gasteiger partial charge in [-0.25, -0.2) is 0 Å². The lowest BCUT2D eigenvalue weighted by Gasteiger charge is -2.35. The molecule has 0 spiro atoms. The molecule has 0 bridgehead atoms. The van der Waals surface area contributed by atoms with E-state index in [-0.39, 0.29) is 5.91 Å². The van der Waals surface area contributed by atoms with Crippen molar-refractivity contribution in [1.82, 2.24) is 10.2 Å². The zero-order chi connectivity index (χ0) is 15.4. The van der Waals surface area contributed by atoms with Crippen LogP contribution in [0, 0.1) is 0 Å². The maximum absolute atomic E-state index is 13.0. The van der Waals surface area contributed by atoms with Gasteiger partial charge in [-0.2, -0.15) is 0 Å². The van der Waals surface area contributed by atoms with E-state index in [2.05, 4.69) is 16.3 Å². The summed E-state index contributed by atoms with van der Waals surface area (Å²) in [5, 5.41) is 3.30. The van der Waals surface area contributed by atoms with Crippen LogP contribution in [-0.2, 0) is 4.74 Å². The third-order valence-electron chi connectivity index (χ3n) is 4.60. The molecule has 3 rings (SSSR count). The van der Waals surface area contributed by atoms with Crippen LogP contribution in [-0.4, -0.2) is 63.3 Å². The van der Waals surface area contributed by atoms with E-state index in [9.17, 15) is 4.79 Å². The van der Waals surface area contributed by atoms with Crippen LogP contribution >= 0.6 is 0 Å². The summed E-state index contributed by atoms with van der Waals surface area (Å²) in [6.07, 6.45) is 2.21. The predicted octanol–water partition coefficient (Wildman–Crippen LogP) is 1.35. The summed E-state index contributed by atoms with van der Waals surface area (Å²) in [6.45, 7) is 4.82. The Morgan fingerprint density at radius 1 is 1.23 bits per heavy atom. The van der Waals surface area contributed by atoms with Crippen molar-refractivity contribution in [1.29, 1.82) is 0 Å². The van der Waals surface area contributed by atoms with Gasteiger partial charge in [0.25, 0.3) is 5.91 Å². The molecule has 1 atom stereocenters. The molecule has 22 heavy (non-hydrogen) atoms. The molecule has 5 nitrogen and oxygen atoms in total. The number of likely N-dealkylation sites (N-methyl/N-ethyl adjacent to an activating group) is 1. The van der Waals surface area contributed by atoms with Crippen LogP contribution in [0.15, 0.2) is 24.3 Å². The number of hydrogen-bond donors (Lipinski definition) is 1. The van der Waals surface area contributed by atoms with Crippen molar-refractivity contribution in [2.75, 3.05) is 51.3 Å². The number of amides is 1. The summed E-state index contributed by atoms with van der Waals surface area (Å²) in [6, 6.07) is 8.38. The van der Waals surface area contributed by atoms with Crippen molar-refractivity contribution in [3.05, 3.63) is 29.8 Å². The van der Waals surface area contributed by atoms with Crippen LogP contribution in [0.2, 0.25) is 0 Å². The molecule has 2 saturated heterocycles. The summed E-state index contributed by atoms with van der Waals surface area (Å²) in [5.41, 5.74) is 1.86. The van der Waals surface area contributed by atoms with Crippen LogP contribution in [0.3, 0.4) is 0 Å². The summed E-state index contributed by atoms with van der Waals surface area (Å²) in [5.74, 6) is 0.155. The Morgan fingerprint density at radius 2 is 2.00 bits per heavy atom. The zero-order valence-corrected chi connectivity index (χ0v) is 13.3. The molecule has 2 heterocycles. The quantitative estimate of drug-likeness (QED) is 0.915. The minimum atomic E-state index is 0.155. The molecule has 2 aliphatic heterocycles. The molecular weight excluding hydrogens is 278 g/mol. The molecule has 0 saturated carbocycles. The van der Waals surface area contributed by atoms with Gasteiger partial charge in [-0.05, 0) is 32.0 Å². The molecule has 0 aliphatic carbocycles. The van der Waals surface area contributed by atoms with E-state index in [4.69, 9.17) is 4.74 Å². The highest BCUT2D eigenvalue weighted by Crippen LogP contribution is 2.24. The number of carbonyl (C=O) groups is 1. The summed E-state index contributed by atoms with van der Waals surface area (Å²) in [4.78, 5) is 17.2. The first-order valence-corrected chi connectivity index (χ1v) is 8.18. The molecule has 2 fully saturated rings. The van der Waals surface area contributed by atoms with E-state index in [0.717, 1.165) is 63.5 Å². The number of rotatable bonds is 3. The Morgan fingerprint density at radius 3 is 2.77 bits per heavy atom. The molecule has 0 unspecified atom stereocenters. The first kappa shape index (κ1) is 15.3. The molecule has 1 aromatic carbocycles. The normalized spacial score (nSPS) is 22.7. The van der Waals surface area contributed by atoms with Crippen molar-refractivity contribution in [2.45, 2.75) is 18.9 Å². The number of piperidine rings is 1. The Hall–Kier alpha value is -1.59. The molecular formula is C17H25N3O2. The molecule has 2 aliphatic rings. The fourth-order valence-electron chi connectivity index (χ4n) is 3.30. The lowest BCUT2D eigenvalue weighted by atomic mass is 10.0. The van der Waals surface area contributed by atoms with Crippen molar-refractivity contribution in [2.24, 2.45) is 0 Å². The van der Waals surface area contributed by atoms with Gasteiger partial charge in [-0.3, -0.25) is 4.79 Å². The van der Waals surface area contributed by atoms with E-state index in [1.165, 1.54) is 0 Å². The number of hydrogen-bond acceptors (Lipinski definition) is 4. The zero-order valence-electron chi connectivity index (χ0n) is 13.3. The first-order chi connectivity index (χ1) is 10.8. The van der Waals surface area contributed by atoms with Gasteiger partial charge >= 0.3 is 0 Å². The standard InChI is InChI=1S/C17H25N3O2/c1-18-14-5-4-8-20(13-14)17(21)15-6-2-3-7-16(15)19-9-11-22-12-10-19/h2-3,6-7,14,18H,4-5,8-13H2,1H3/t14-/m1/s1. The minimum Gasteiger partial charge on any atom is -0.378 e. The lowest BCUT2D eigenvalue weighted by molar-refractivity contribution is 0.0697. The van der Waals surface area contributed by atoms with Crippen LogP contribution in [0.25, 0.3) is 0 Å². The van der Waals surface area contributed by atoms with Gasteiger partial charge in [0.1, 0.15) is 0 Å². The number of morpholine rings is 1. The summed E-state index contributed by atoms with van der Waals surface area (Å²) >= 11 is 0. The van der Waals surface area contributed by atoms with Gasteiger partial charge in [-0.15, -0.1) is 0 Å². The van der Waals surface area contributed by atoms with Gasteiger partial charge in [-0.1, -0.05) is 12.1 Å². The van der Waals surface area contributed by atoms with Gasteiger partial charge in [0.2, 0.25) is 0 Å². The van der Waals surface area contributed by atoms with E-state index in [1.807, 2.05) is 30.1 Å². The van der Waals surface area contributed by atoms with Gasteiger partial charge in [0.05, 0.1) is 18.8 Å². The van der Waals surface area contributed by atoms with Gasteiger partial charge in [0, 0.05) is 37.9 Å². The Kier molecular flexibility index (Phi) is 4.95. The number of para-hydroxylation sites is 1. The maximum Gasteiger partial charge on any atom is 0.256 e. The van der Waals surface area contributed by atoms with E-state index in [0.29, 0.717) is 6.04 Å². The molecule has 0 radical (unpaired) electrons. The van der Waals surface area contributed by atoms with E-state index in [1.54, 1.807) is 0 Å². The summed E-state index contributed by atoms with van der Waals surface area (Å²) in [7, 11) is 1.97. The number of benzene rings is 1. The second kappa shape index (κ2) is 7.11. The largest absolute Gasteiger partial charge is 0.378 e. The average Bonchev–Trinajstić information content (AvgIpc) is 2.62. The van der Waals surface area contributed by atoms with Crippen LogP contribution in [0.4, 0.5) is 5.69 Å². The highest BCUT2D eigenvalue weighted by Gasteiger charge is 2.26. The number of ether oxygens (including phenoxy) is 1. The van der Waals surface area contributed by atoms with Crippen molar-refractivity contribution >= 4 is 11.6 Å². The molecule has 0 aromatic heterocycles. The Labute approximate surface area is 132 Å². The second-order valence-corrected chi connectivity index (χ2v) is 6.00. The Bertz CT molecular complexity index is 514. The second-order valence-electron chi connectivity index (χ2n) is 6.00. The fourth-order valence-corrected chi connectivity index (χ4v) is 3.30. The van der Waals surface area contributed by atoms with E-state index < -0.39 is 0 Å². The van der Waals surface area contributed by atoms with Crippen molar-refractivity contribution in [3.63, 3.8) is 0 Å². The number of nitrogens with one attached hydrogen (secondary N) is 1. The molecule has 5 heteroatoms. The van der Waals surface area contributed by atoms with Crippen LogP contribution in [0.1, 0.15) is 23.2 Å². The fraction of sp³-hybridized carbons (Fsp3) is 0.588. The average molecular weight is 303 g/mol. The number of likely N-dealkylation sites (tertiary alicyclic amines) is 1. The first-order valence-electron chi connectivity index (χ1n) is 8.18. The van der Waals surface area contributed by atoms with Crippen molar-refractivity contribution < 1.29 is 9.53 Å². The van der Waals surface area contributed by atoms with Crippen molar-refractivity contribution in [3.8, 4) is 0 Å². The van der Waals surface area contributed by atoms with Gasteiger partial charge in [0.15, 0.2) is 0 Å². The lowest BCUT2D eigenvalue weighted by Crippen LogP contribution is -2.47. The number of carbonyl (C=O) groups excluding carboxylic acids is 1. The maximum atomic E-state index is 13.0. The third-order valence-corrected chi connectivity index (χ3v) is 4.60. The monoisotopic (exact) mass is 303 g/mol. The number of nitrogens with zero attached hydrogens (tertiary/aromatic N) is 2. The summed E-state index contributed by atoms with van der Waals surface area (Å²) < 4.78 is 5.42. The topological polar surface area (TPSA) is 44.8 Å². The smallest absolute Gasteiger partial charge is 0.256 e. The predicted molar refractivity (Wildman–Crippen MR) is 87.5 cm³/mol. The van der Waals surface area contributed by atoms with E-state index >= 15 is 0 Å².